The normalized spacial score (nSPS) is 18.5. The highest BCUT2D eigenvalue weighted by Crippen LogP contribution is 2.36. The van der Waals surface area contributed by atoms with E-state index < -0.39 is 22.9 Å². The number of carbonyl (C=O) groups excluding carboxylic acids is 1. The molecule has 244 valence electrons. The molecule has 0 N–H and O–H groups in total. The van der Waals surface area contributed by atoms with Gasteiger partial charge in [0.05, 0.1) is 18.2 Å². The third-order valence-corrected chi connectivity index (χ3v) is 8.46. The molecule has 1 aliphatic heterocycles. The van der Waals surface area contributed by atoms with E-state index in [1.165, 1.54) is 23.8 Å². The molecule has 0 bridgehead atoms. The van der Waals surface area contributed by atoms with Gasteiger partial charge in [0.1, 0.15) is 24.6 Å². The van der Waals surface area contributed by atoms with E-state index in [2.05, 4.69) is 0 Å². The van der Waals surface area contributed by atoms with Crippen molar-refractivity contribution in [1.29, 1.82) is 0 Å². The second-order valence-corrected chi connectivity index (χ2v) is 12.8. The van der Waals surface area contributed by atoms with Gasteiger partial charge in [-0.2, -0.15) is 13.2 Å². The van der Waals surface area contributed by atoms with E-state index in [0.29, 0.717) is 55.5 Å². The standard InChI is InChI=1S/C34H41F3N2O6/c1-33(2,3)45-32(41)39(21-23-9-14-28-30(18-23)44-17-16-43-28)25-11-7-22(8-12-25)6-5-15-38-27-19-24(34(35,36)37)10-13-26(27)29(42-4)20-31(38)40/h9-10,13-14,18-20,22,25H,5-8,11-12,15-17,21H2,1-4H3. The highest BCUT2D eigenvalue weighted by Gasteiger charge is 2.33. The number of methoxy groups -OCH3 is 1. The van der Waals surface area contributed by atoms with Crippen LogP contribution in [-0.4, -0.2) is 47.5 Å². The van der Waals surface area contributed by atoms with Gasteiger partial charge in [0, 0.05) is 30.6 Å². The lowest BCUT2D eigenvalue weighted by molar-refractivity contribution is -0.137. The molecular weight excluding hydrogens is 589 g/mol. The molecule has 1 aromatic heterocycles. The first-order chi connectivity index (χ1) is 21.3. The zero-order valence-electron chi connectivity index (χ0n) is 26.2. The smallest absolute Gasteiger partial charge is 0.416 e. The molecule has 2 heterocycles. The van der Waals surface area contributed by atoms with Crippen molar-refractivity contribution in [3.63, 3.8) is 0 Å². The number of hydrogen-bond acceptors (Lipinski definition) is 6. The first kappa shape index (κ1) is 32.5. The number of nitrogens with zero attached hydrogens (tertiary/aromatic N) is 2. The summed E-state index contributed by atoms with van der Waals surface area (Å²) in [5, 5.41) is 0.464. The molecule has 0 atom stereocenters. The van der Waals surface area contributed by atoms with Crippen LogP contribution in [0.15, 0.2) is 47.3 Å². The summed E-state index contributed by atoms with van der Waals surface area (Å²) in [6.07, 6.45) is -0.0382. The maximum absolute atomic E-state index is 13.5. The minimum absolute atomic E-state index is 0.00163. The molecule has 0 spiro atoms. The Morgan fingerprint density at radius 2 is 1.69 bits per heavy atom. The van der Waals surface area contributed by atoms with Gasteiger partial charge in [-0.15, -0.1) is 0 Å². The van der Waals surface area contributed by atoms with Gasteiger partial charge in [-0.3, -0.25) is 4.79 Å². The van der Waals surface area contributed by atoms with Crippen molar-refractivity contribution in [2.45, 2.75) is 90.2 Å². The van der Waals surface area contributed by atoms with E-state index in [0.717, 1.165) is 49.8 Å². The minimum atomic E-state index is -4.52. The van der Waals surface area contributed by atoms with Gasteiger partial charge in [-0.1, -0.05) is 6.07 Å². The number of pyridine rings is 1. The molecule has 1 amide bonds. The highest BCUT2D eigenvalue weighted by atomic mass is 19.4. The lowest BCUT2D eigenvalue weighted by Gasteiger charge is -2.38. The predicted molar refractivity (Wildman–Crippen MR) is 164 cm³/mol. The number of ether oxygens (including phenoxy) is 4. The Hall–Kier alpha value is -3.89. The Bertz CT molecular complexity index is 1570. The van der Waals surface area contributed by atoms with Gasteiger partial charge in [-0.25, -0.2) is 4.79 Å². The molecule has 0 saturated heterocycles. The SMILES string of the molecule is COc1cc(=O)n(CCCC2CCC(N(Cc3ccc4c(c3)OCCO4)C(=O)OC(C)(C)C)CC2)c2cc(C(F)(F)F)ccc12. The van der Waals surface area contributed by atoms with E-state index in [1.807, 2.05) is 43.9 Å². The lowest BCUT2D eigenvalue weighted by Crippen LogP contribution is -2.44. The van der Waals surface area contributed by atoms with Gasteiger partial charge in [-0.05, 0) is 101 Å². The van der Waals surface area contributed by atoms with E-state index in [1.54, 1.807) is 0 Å². The summed E-state index contributed by atoms with van der Waals surface area (Å²) in [6.45, 7) is 7.23. The van der Waals surface area contributed by atoms with Crippen molar-refractivity contribution < 1.29 is 36.9 Å². The van der Waals surface area contributed by atoms with Gasteiger partial charge in [0.2, 0.25) is 0 Å². The molecule has 1 aliphatic carbocycles. The van der Waals surface area contributed by atoms with Crippen molar-refractivity contribution in [3.8, 4) is 17.2 Å². The molecule has 11 heteroatoms. The maximum Gasteiger partial charge on any atom is 0.416 e. The van der Waals surface area contributed by atoms with Crippen LogP contribution in [0.4, 0.5) is 18.0 Å². The number of alkyl halides is 3. The summed E-state index contributed by atoms with van der Waals surface area (Å²) in [7, 11) is 1.40. The molecule has 8 nitrogen and oxygen atoms in total. The molecule has 0 radical (unpaired) electrons. The van der Waals surface area contributed by atoms with Gasteiger partial charge in [0.25, 0.3) is 5.56 Å². The molecule has 2 aromatic carbocycles. The second kappa shape index (κ2) is 13.2. The number of rotatable bonds is 8. The summed E-state index contributed by atoms with van der Waals surface area (Å²) in [5.74, 6) is 2.00. The van der Waals surface area contributed by atoms with Crippen LogP contribution < -0.4 is 19.8 Å². The van der Waals surface area contributed by atoms with E-state index in [4.69, 9.17) is 18.9 Å². The number of carbonyl (C=O) groups is 1. The monoisotopic (exact) mass is 630 g/mol. The number of aryl methyl sites for hydroxylation is 1. The van der Waals surface area contributed by atoms with Gasteiger partial charge >= 0.3 is 12.3 Å². The van der Waals surface area contributed by atoms with Crippen LogP contribution in [0.25, 0.3) is 10.9 Å². The van der Waals surface area contributed by atoms with Crippen molar-refractivity contribution in [3.05, 3.63) is 63.9 Å². The number of benzene rings is 2. The zero-order chi connectivity index (χ0) is 32.4. The summed E-state index contributed by atoms with van der Waals surface area (Å²) < 4.78 is 64.3. The summed E-state index contributed by atoms with van der Waals surface area (Å²) in [5.41, 5.74) is -0.692. The Labute approximate surface area is 261 Å². The minimum Gasteiger partial charge on any atom is -0.496 e. The quantitative estimate of drug-likeness (QED) is 0.255. The maximum atomic E-state index is 13.5. The molecule has 5 rings (SSSR count). The molecule has 1 fully saturated rings. The summed E-state index contributed by atoms with van der Waals surface area (Å²) in [6, 6.07) is 10.4. The van der Waals surface area contributed by atoms with E-state index in [-0.39, 0.29) is 23.4 Å². The number of aromatic nitrogens is 1. The lowest BCUT2D eigenvalue weighted by atomic mass is 9.82. The van der Waals surface area contributed by atoms with Crippen molar-refractivity contribution >= 4 is 17.0 Å². The van der Waals surface area contributed by atoms with Crippen LogP contribution in [0.3, 0.4) is 0 Å². The topological polar surface area (TPSA) is 79.2 Å². The first-order valence-corrected chi connectivity index (χ1v) is 15.5. The molecule has 0 unspecified atom stereocenters. The van der Waals surface area contributed by atoms with E-state index >= 15 is 0 Å². The fourth-order valence-corrected chi connectivity index (χ4v) is 6.26. The van der Waals surface area contributed by atoms with Crippen LogP contribution in [0.5, 0.6) is 17.2 Å². The first-order valence-electron chi connectivity index (χ1n) is 15.5. The van der Waals surface area contributed by atoms with Crippen LogP contribution in [-0.2, 0) is 24.0 Å². The van der Waals surface area contributed by atoms with Crippen LogP contribution >= 0.6 is 0 Å². The van der Waals surface area contributed by atoms with Crippen LogP contribution in [0, 0.1) is 5.92 Å². The third-order valence-electron chi connectivity index (χ3n) is 8.46. The van der Waals surface area contributed by atoms with E-state index in [9.17, 15) is 22.8 Å². The Morgan fingerprint density at radius 1 is 0.978 bits per heavy atom. The number of hydrogen-bond donors (Lipinski definition) is 0. The predicted octanol–water partition coefficient (Wildman–Crippen LogP) is 7.58. The number of amides is 1. The molecule has 2 aliphatic rings. The van der Waals surface area contributed by atoms with Crippen molar-refractivity contribution in [2.24, 2.45) is 5.92 Å². The van der Waals surface area contributed by atoms with Crippen LogP contribution in [0.2, 0.25) is 0 Å². The highest BCUT2D eigenvalue weighted by molar-refractivity contribution is 5.86. The molecule has 45 heavy (non-hydrogen) atoms. The Kier molecular flexibility index (Phi) is 9.55. The Morgan fingerprint density at radius 3 is 2.36 bits per heavy atom. The average Bonchev–Trinajstić information content (AvgIpc) is 2.99. The molecule has 3 aromatic rings. The summed E-state index contributed by atoms with van der Waals surface area (Å²) >= 11 is 0. The number of fused-ring (bicyclic) bond motifs is 2. The third kappa shape index (κ3) is 7.86. The summed E-state index contributed by atoms with van der Waals surface area (Å²) in [4.78, 5) is 28.1. The van der Waals surface area contributed by atoms with Crippen molar-refractivity contribution in [2.75, 3.05) is 20.3 Å². The fourth-order valence-electron chi connectivity index (χ4n) is 6.26. The van der Waals surface area contributed by atoms with Crippen molar-refractivity contribution in [1.82, 2.24) is 9.47 Å². The molecular formula is C34H41F3N2O6. The fraction of sp³-hybridized carbons (Fsp3) is 0.529. The van der Waals surface area contributed by atoms with Gasteiger partial charge in [0.15, 0.2) is 11.5 Å². The van der Waals surface area contributed by atoms with Crippen LogP contribution in [0.1, 0.15) is 70.4 Å². The molecule has 1 saturated carbocycles. The Balaban J connectivity index is 1.24. The zero-order valence-corrected chi connectivity index (χ0v) is 26.2. The van der Waals surface area contributed by atoms with Gasteiger partial charge < -0.3 is 28.4 Å². The largest absolute Gasteiger partial charge is 0.496 e. The average molecular weight is 631 g/mol. The number of halogens is 3. The second-order valence-electron chi connectivity index (χ2n) is 12.8.